The van der Waals surface area contributed by atoms with Gasteiger partial charge in [-0.25, -0.2) is 0 Å². The zero-order valence-electron chi connectivity index (χ0n) is 9.65. The zero-order chi connectivity index (χ0) is 11.8. The highest BCUT2D eigenvalue weighted by Crippen LogP contribution is 2.38. The molecule has 0 saturated carbocycles. The number of nitrogens with zero attached hydrogens (tertiary/aromatic N) is 1. The number of aryl methyl sites for hydroxylation is 2. The summed E-state index contributed by atoms with van der Waals surface area (Å²) in [6.07, 6.45) is 0. The van der Waals surface area contributed by atoms with Crippen molar-refractivity contribution in [2.24, 2.45) is 0 Å². The van der Waals surface area contributed by atoms with Gasteiger partial charge in [0, 0.05) is 25.9 Å². The van der Waals surface area contributed by atoms with Gasteiger partial charge in [-0.1, -0.05) is 6.07 Å². The molecule has 0 bridgehead atoms. The topological polar surface area (TPSA) is 28.7 Å². The second kappa shape index (κ2) is 4.13. The highest BCUT2D eigenvalue weighted by molar-refractivity contribution is 7.23. The Balaban J connectivity index is 2.07. The Morgan fingerprint density at radius 3 is 2.53 bits per heavy atom. The molecule has 0 atom stereocenters. The smallest absolute Gasteiger partial charge is 0.0680 e. The molecule has 0 aliphatic heterocycles. The average molecular weight is 260 g/mol. The average Bonchev–Trinajstić information content (AvgIpc) is 2.98. The van der Waals surface area contributed by atoms with Gasteiger partial charge in [0.2, 0.25) is 0 Å². The molecule has 3 heterocycles. The van der Waals surface area contributed by atoms with E-state index in [0.717, 1.165) is 11.4 Å². The van der Waals surface area contributed by atoms with Gasteiger partial charge < -0.3 is 0 Å². The molecule has 0 aliphatic carbocycles. The third-order valence-electron chi connectivity index (χ3n) is 2.74. The monoisotopic (exact) mass is 260 g/mol. The number of aromatic nitrogens is 2. The number of aromatic amines is 1. The summed E-state index contributed by atoms with van der Waals surface area (Å²) in [7, 11) is 0. The Morgan fingerprint density at radius 1 is 1.06 bits per heavy atom. The van der Waals surface area contributed by atoms with Crippen LogP contribution in [-0.2, 0) is 0 Å². The maximum Gasteiger partial charge on any atom is 0.0680 e. The van der Waals surface area contributed by atoms with E-state index in [4.69, 9.17) is 0 Å². The Morgan fingerprint density at radius 2 is 1.88 bits per heavy atom. The van der Waals surface area contributed by atoms with E-state index in [1.807, 2.05) is 18.3 Å². The molecule has 17 heavy (non-hydrogen) atoms. The van der Waals surface area contributed by atoms with Crippen LogP contribution < -0.4 is 0 Å². The molecule has 3 aromatic rings. The maximum absolute atomic E-state index is 4.25. The number of nitrogens with one attached hydrogen (secondary N) is 1. The Kier molecular flexibility index (Phi) is 2.61. The van der Waals surface area contributed by atoms with Gasteiger partial charge in [-0.05, 0) is 37.4 Å². The molecule has 1 N–H and O–H groups in total. The lowest BCUT2D eigenvalue weighted by atomic mass is 10.1. The van der Waals surface area contributed by atoms with Crippen molar-refractivity contribution in [3.05, 3.63) is 41.0 Å². The van der Waals surface area contributed by atoms with Gasteiger partial charge in [0.25, 0.3) is 0 Å². The van der Waals surface area contributed by atoms with Crippen LogP contribution in [0.1, 0.15) is 11.4 Å². The number of thiophene rings is 2. The summed E-state index contributed by atoms with van der Waals surface area (Å²) >= 11 is 3.61. The van der Waals surface area contributed by atoms with E-state index in [1.165, 1.54) is 20.2 Å². The van der Waals surface area contributed by atoms with E-state index in [-0.39, 0.29) is 0 Å². The van der Waals surface area contributed by atoms with Gasteiger partial charge in [0.1, 0.15) is 0 Å². The highest BCUT2D eigenvalue weighted by atomic mass is 32.1. The number of hydrogen-bond acceptors (Lipinski definition) is 3. The van der Waals surface area contributed by atoms with Crippen molar-refractivity contribution in [2.75, 3.05) is 0 Å². The summed E-state index contributed by atoms with van der Waals surface area (Å²) in [5.74, 6) is 0. The van der Waals surface area contributed by atoms with Gasteiger partial charge in [-0.2, -0.15) is 5.10 Å². The second-order valence-corrected chi connectivity index (χ2v) is 5.98. The standard InChI is InChI=1S/C13H12N2S2/c1-8-13(9(2)15-14-8)12-6-5-11(17-12)10-4-3-7-16-10/h3-7H,1-2H3,(H,14,15). The third-order valence-corrected chi connectivity index (χ3v) is 4.91. The molecule has 0 unspecified atom stereocenters. The van der Waals surface area contributed by atoms with Crippen molar-refractivity contribution in [1.29, 1.82) is 0 Å². The summed E-state index contributed by atoms with van der Waals surface area (Å²) in [5.41, 5.74) is 3.46. The lowest BCUT2D eigenvalue weighted by Gasteiger charge is -1.95. The number of hydrogen-bond donors (Lipinski definition) is 1. The molecule has 0 radical (unpaired) electrons. The normalized spacial score (nSPS) is 10.9. The van der Waals surface area contributed by atoms with Crippen molar-refractivity contribution >= 4 is 22.7 Å². The predicted molar refractivity (Wildman–Crippen MR) is 74.7 cm³/mol. The summed E-state index contributed by atoms with van der Waals surface area (Å²) in [4.78, 5) is 3.95. The van der Waals surface area contributed by atoms with Crippen molar-refractivity contribution in [2.45, 2.75) is 13.8 Å². The molecule has 2 nitrogen and oxygen atoms in total. The van der Waals surface area contributed by atoms with E-state index in [0.29, 0.717) is 0 Å². The van der Waals surface area contributed by atoms with Crippen LogP contribution in [0.2, 0.25) is 0 Å². The molecule has 0 aliphatic rings. The molecule has 3 aromatic heterocycles. The van der Waals surface area contributed by atoms with Crippen LogP contribution in [0, 0.1) is 13.8 Å². The Bertz CT molecular complexity index is 613. The molecular formula is C13H12N2S2. The van der Waals surface area contributed by atoms with E-state index < -0.39 is 0 Å². The minimum Gasteiger partial charge on any atom is -0.282 e. The first kappa shape index (κ1) is 10.7. The second-order valence-electron chi connectivity index (χ2n) is 3.95. The third kappa shape index (κ3) is 1.83. The summed E-state index contributed by atoms with van der Waals surface area (Å²) < 4.78 is 0. The SMILES string of the molecule is Cc1n[nH]c(C)c1-c1ccc(-c2cccs2)s1. The van der Waals surface area contributed by atoms with Gasteiger partial charge in [-0.15, -0.1) is 22.7 Å². The molecule has 0 spiro atoms. The van der Waals surface area contributed by atoms with Crippen LogP contribution in [-0.4, -0.2) is 10.2 Å². The summed E-state index contributed by atoms with van der Waals surface area (Å²) in [6, 6.07) is 8.63. The minimum atomic E-state index is 1.07. The van der Waals surface area contributed by atoms with Crippen LogP contribution in [0.3, 0.4) is 0 Å². The lowest BCUT2D eigenvalue weighted by Crippen LogP contribution is -1.76. The van der Waals surface area contributed by atoms with Crippen molar-refractivity contribution < 1.29 is 0 Å². The van der Waals surface area contributed by atoms with E-state index in [1.54, 1.807) is 11.3 Å². The van der Waals surface area contributed by atoms with Crippen LogP contribution in [0.5, 0.6) is 0 Å². The largest absolute Gasteiger partial charge is 0.282 e. The highest BCUT2D eigenvalue weighted by Gasteiger charge is 2.12. The van der Waals surface area contributed by atoms with Crippen molar-refractivity contribution in [3.63, 3.8) is 0 Å². The number of H-pyrrole nitrogens is 1. The summed E-state index contributed by atoms with van der Waals surface area (Å²) in [6.45, 7) is 4.11. The fourth-order valence-electron chi connectivity index (χ4n) is 1.94. The predicted octanol–water partition coefficient (Wildman–Crippen LogP) is 4.48. The van der Waals surface area contributed by atoms with E-state index >= 15 is 0 Å². The van der Waals surface area contributed by atoms with Crippen molar-refractivity contribution in [3.8, 4) is 20.2 Å². The van der Waals surface area contributed by atoms with E-state index in [9.17, 15) is 0 Å². The van der Waals surface area contributed by atoms with Gasteiger partial charge in [-0.3, -0.25) is 5.10 Å². The molecule has 3 rings (SSSR count). The first-order chi connectivity index (χ1) is 8.25. The Labute approximate surface area is 108 Å². The quantitative estimate of drug-likeness (QED) is 0.723. The van der Waals surface area contributed by atoms with E-state index in [2.05, 4.69) is 46.8 Å². The van der Waals surface area contributed by atoms with Gasteiger partial charge in [0.05, 0.1) is 5.69 Å². The maximum atomic E-state index is 4.25. The molecule has 0 saturated heterocycles. The van der Waals surface area contributed by atoms with Gasteiger partial charge >= 0.3 is 0 Å². The van der Waals surface area contributed by atoms with Crippen LogP contribution in [0.25, 0.3) is 20.2 Å². The first-order valence-corrected chi connectivity index (χ1v) is 7.11. The van der Waals surface area contributed by atoms with Crippen molar-refractivity contribution in [1.82, 2.24) is 10.2 Å². The fraction of sp³-hybridized carbons (Fsp3) is 0.154. The Hall–Kier alpha value is -1.39. The molecule has 0 fully saturated rings. The molecule has 0 aromatic carbocycles. The molecule has 86 valence electrons. The van der Waals surface area contributed by atoms with Crippen LogP contribution in [0.4, 0.5) is 0 Å². The minimum absolute atomic E-state index is 1.07. The number of rotatable bonds is 2. The first-order valence-electron chi connectivity index (χ1n) is 5.41. The van der Waals surface area contributed by atoms with Crippen LogP contribution >= 0.6 is 22.7 Å². The zero-order valence-corrected chi connectivity index (χ0v) is 11.3. The van der Waals surface area contributed by atoms with Crippen LogP contribution in [0.15, 0.2) is 29.6 Å². The van der Waals surface area contributed by atoms with Gasteiger partial charge in [0.15, 0.2) is 0 Å². The summed E-state index contributed by atoms with van der Waals surface area (Å²) in [5, 5.41) is 9.40. The lowest BCUT2D eigenvalue weighted by molar-refractivity contribution is 1.02. The molecule has 0 amide bonds. The fourth-order valence-corrected chi connectivity index (χ4v) is 3.93. The molecule has 4 heteroatoms. The molecular weight excluding hydrogens is 248 g/mol.